The van der Waals surface area contributed by atoms with Gasteiger partial charge in [0.1, 0.15) is 24.0 Å². The van der Waals surface area contributed by atoms with E-state index in [0.717, 1.165) is 52.1 Å². The Morgan fingerprint density at radius 2 is 1.75 bits per heavy atom. The molecule has 0 saturated carbocycles. The highest BCUT2D eigenvalue weighted by molar-refractivity contribution is 6.06. The number of benzene rings is 3. The number of rotatable bonds is 6. The molecule has 0 spiro atoms. The van der Waals surface area contributed by atoms with Crippen molar-refractivity contribution >= 4 is 29.0 Å². The van der Waals surface area contributed by atoms with Crippen LogP contribution in [0.25, 0.3) is 21.9 Å². The van der Waals surface area contributed by atoms with Crippen LogP contribution in [0.3, 0.4) is 0 Å². The van der Waals surface area contributed by atoms with Crippen molar-refractivity contribution in [1.29, 1.82) is 0 Å². The van der Waals surface area contributed by atoms with Gasteiger partial charge in [0.05, 0.1) is 18.7 Å². The fourth-order valence-electron chi connectivity index (χ4n) is 3.22. The van der Waals surface area contributed by atoms with Gasteiger partial charge in [0.2, 0.25) is 0 Å². The van der Waals surface area contributed by atoms with Crippen LogP contribution in [0.1, 0.15) is 5.56 Å². The topological polar surface area (TPSA) is 42.9 Å². The van der Waals surface area contributed by atoms with E-state index in [9.17, 15) is 4.39 Å². The number of hydrogen-bond donors (Lipinski definition) is 1. The molecule has 146 valence electrons. The van der Waals surface area contributed by atoms with Gasteiger partial charge in [0, 0.05) is 13.7 Å². The second-order valence-electron chi connectivity index (χ2n) is 6.42. The summed E-state index contributed by atoms with van der Waals surface area (Å²) >= 11 is 0. The first-order chi connectivity index (χ1) is 13.2. The third-order valence-electron chi connectivity index (χ3n) is 4.59. The summed E-state index contributed by atoms with van der Waals surface area (Å²) in [5.41, 5.74) is 2.98. The van der Waals surface area contributed by atoms with Crippen LogP contribution in [0.4, 0.5) is 4.39 Å². The third-order valence-corrected chi connectivity index (χ3v) is 4.59. The summed E-state index contributed by atoms with van der Waals surface area (Å²) in [7, 11) is 1.66. The lowest BCUT2D eigenvalue weighted by Crippen LogP contribution is -2.20. The molecule has 0 atom stereocenters. The molecule has 4 nitrogen and oxygen atoms in total. The molecule has 0 fully saturated rings. The molecular formula is C22H22ClFN2O2. The largest absolute Gasteiger partial charge is 0.490 e. The molecule has 0 aromatic heterocycles. The molecule has 1 aliphatic heterocycles. The number of ether oxygens (including phenoxy) is 2. The van der Waals surface area contributed by atoms with Gasteiger partial charge in [-0.05, 0) is 52.2 Å². The smallest absolute Gasteiger partial charge is 0.132 e. The molecule has 0 aliphatic carbocycles. The number of hydrogen-bond acceptors (Lipinski definition) is 4. The van der Waals surface area contributed by atoms with Gasteiger partial charge >= 0.3 is 0 Å². The molecule has 0 radical (unpaired) electrons. The SMILES string of the molecule is COCCOc1cc2ccc(-c3ccc(F)cc3)cc2cc1C1=NCCN1.Cl. The molecule has 1 N–H and O–H groups in total. The van der Waals surface area contributed by atoms with Crippen molar-refractivity contribution in [3.63, 3.8) is 0 Å². The summed E-state index contributed by atoms with van der Waals surface area (Å²) in [4.78, 5) is 4.54. The normalized spacial score (nSPS) is 13.0. The highest BCUT2D eigenvalue weighted by Crippen LogP contribution is 2.30. The average molecular weight is 401 g/mol. The molecule has 28 heavy (non-hydrogen) atoms. The second kappa shape index (κ2) is 9.04. The van der Waals surface area contributed by atoms with Crippen LogP contribution >= 0.6 is 12.4 Å². The first-order valence-electron chi connectivity index (χ1n) is 8.99. The molecule has 3 aromatic rings. The van der Waals surface area contributed by atoms with E-state index in [1.807, 2.05) is 12.1 Å². The minimum atomic E-state index is -0.231. The van der Waals surface area contributed by atoms with Crippen LogP contribution < -0.4 is 10.1 Å². The number of methoxy groups -OCH3 is 1. The molecule has 0 amide bonds. The van der Waals surface area contributed by atoms with Crippen molar-refractivity contribution in [3.05, 3.63) is 66.0 Å². The maximum atomic E-state index is 13.2. The van der Waals surface area contributed by atoms with Crippen molar-refractivity contribution < 1.29 is 13.9 Å². The van der Waals surface area contributed by atoms with Crippen LogP contribution in [0.15, 0.2) is 59.6 Å². The van der Waals surface area contributed by atoms with Crippen LogP contribution in [-0.4, -0.2) is 39.2 Å². The van der Waals surface area contributed by atoms with Gasteiger partial charge in [0.15, 0.2) is 0 Å². The summed E-state index contributed by atoms with van der Waals surface area (Å²) in [5, 5.41) is 5.48. The monoisotopic (exact) mass is 400 g/mol. The number of nitrogens with one attached hydrogen (secondary N) is 1. The van der Waals surface area contributed by atoms with Crippen molar-refractivity contribution in [2.24, 2.45) is 4.99 Å². The quantitative estimate of drug-likeness (QED) is 0.622. The van der Waals surface area contributed by atoms with Crippen molar-refractivity contribution in [3.8, 4) is 16.9 Å². The molecule has 3 aromatic carbocycles. The molecule has 0 unspecified atom stereocenters. The van der Waals surface area contributed by atoms with Gasteiger partial charge in [-0.2, -0.15) is 0 Å². The summed E-state index contributed by atoms with van der Waals surface area (Å²) in [5.74, 6) is 1.42. The Morgan fingerprint density at radius 3 is 2.46 bits per heavy atom. The predicted molar refractivity (Wildman–Crippen MR) is 113 cm³/mol. The zero-order valence-corrected chi connectivity index (χ0v) is 16.4. The van der Waals surface area contributed by atoms with Gasteiger partial charge in [-0.15, -0.1) is 12.4 Å². The first-order valence-corrected chi connectivity index (χ1v) is 8.99. The van der Waals surface area contributed by atoms with Gasteiger partial charge in [-0.3, -0.25) is 4.99 Å². The first kappa shape index (κ1) is 20.1. The van der Waals surface area contributed by atoms with Crippen LogP contribution in [-0.2, 0) is 4.74 Å². The Bertz CT molecular complexity index is 990. The van der Waals surface area contributed by atoms with E-state index in [0.29, 0.717) is 13.2 Å². The van der Waals surface area contributed by atoms with E-state index in [1.54, 1.807) is 19.2 Å². The molecule has 6 heteroatoms. The number of fused-ring (bicyclic) bond motifs is 1. The Kier molecular flexibility index (Phi) is 6.49. The Balaban J connectivity index is 0.00000225. The predicted octanol–water partition coefficient (Wildman–Crippen LogP) is 4.44. The van der Waals surface area contributed by atoms with Crippen molar-refractivity contribution in [1.82, 2.24) is 5.32 Å². The maximum Gasteiger partial charge on any atom is 0.132 e. The van der Waals surface area contributed by atoms with Crippen molar-refractivity contribution in [2.75, 3.05) is 33.4 Å². The van der Waals surface area contributed by atoms with E-state index < -0.39 is 0 Å². The fourth-order valence-corrected chi connectivity index (χ4v) is 3.22. The molecule has 1 heterocycles. The standard InChI is InChI=1S/C22H21FN2O2.ClH/c1-26-10-11-27-21-14-17-3-2-16(15-4-6-19(23)7-5-15)12-18(17)13-20(21)22-24-8-9-25-22;/h2-7,12-14H,8-11H2,1H3,(H,24,25);1H. The van der Waals surface area contributed by atoms with E-state index in [4.69, 9.17) is 9.47 Å². The summed E-state index contributed by atoms with van der Waals surface area (Å²) in [6.45, 7) is 2.61. The van der Waals surface area contributed by atoms with E-state index in [-0.39, 0.29) is 18.2 Å². The van der Waals surface area contributed by atoms with Crippen LogP contribution in [0, 0.1) is 5.82 Å². The highest BCUT2D eigenvalue weighted by atomic mass is 35.5. The van der Waals surface area contributed by atoms with E-state index in [1.165, 1.54) is 12.1 Å². The Labute approximate surface area is 169 Å². The van der Waals surface area contributed by atoms with E-state index >= 15 is 0 Å². The third kappa shape index (κ3) is 4.26. The number of amidine groups is 1. The zero-order chi connectivity index (χ0) is 18.6. The van der Waals surface area contributed by atoms with Gasteiger partial charge < -0.3 is 14.8 Å². The lowest BCUT2D eigenvalue weighted by Gasteiger charge is -2.14. The maximum absolute atomic E-state index is 13.2. The number of nitrogens with zero attached hydrogens (tertiary/aromatic N) is 1. The lowest BCUT2D eigenvalue weighted by atomic mass is 9.99. The Hall–Kier alpha value is -2.63. The average Bonchev–Trinajstić information content (AvgIpc) is 3.22. The molecule has 1 aliphatic rings. The zero-order valence-electron chi connectivity index (χ0n) is 15.6. The number of aliphatic imine (C=N–C) groups is 1. The van der Waals surface area contributed by atoms with Crippen LogP contribution in [0.5, 0.6) is 5.75 Å². The van der Waals surface area contributed by atoms with Crippen molar-refractivity contribution in [2.45, 2.75) is 0 Å². The minimum absolute atomic E-state index is 0. The highest BCUT2D eigenvalue weighted by Gasteiger charge is 2.15. The molecule has 0 bridgehead atoms. The second-order valence-corrected chi connectivity index (χ2v) is 6.42. The molecular weight excluding hydrogens is 379 g/mol. The van der Waals surface area contributed by atoms with Gasteiger partial charge in [-0.25, -0.2) is 4.39 Å². The minimum Gasteiger partial charge on any atom is -0.490 e. The molecule has 0 saturated heterocycles. The lowest BCUT2D eigenvalue weighted by molar-refractivity contribution is 0.146. The summed E-state index contributed by atoms with van der Waals surface area (Å²) < 4.78 is 24.2. The van der Waals surface area contributed by atoms with Gasteiger partial charge in [-0.1, -0.05) is 24.3 Å². The number of halogens is 2. The van der Waals surface area contributed by atoms with E-state index in [2.05, 4.69) is 28.5 Å². The van der Waals surface area contributed by atoms with Gasteiger partial charge in [0.25, 0.3) is 0 Å². The molecule has 4 rings (SSSR count). The van der Waals surface area contributed by atoms with Crippen LogP contribution in [0.2, 0.25) is 0 Å². The summed E-state index contributed by atoms with van der Waals surface area (Å²) in [6.07, 6.45) is 0. The Morgan fingerprint density at radius 1 is 0.964 bits per heavy atom. The fraction of sp³-hybridized carbons (Fsp3) is 0.227. The summed E-state index contributed by atoms with van der Waals surface area (Å²) in [6, 6.07) is 16.9.